The molecule has 5 aromatic rings. The maximum Gasteiger partial charge on any atom is 0.255 e. The summed E-state index contributed by atoms with van der Waals surface area (Å²) < 4.78 is 11.3. The molecule has 5 heteroatoms. The topological polar surface area (TPSA) is 54.6 Å². The number of fused-ring (bicyclic) bond motifs is 2. The number of para-hydroxylation sites is 1. The van der Waals surface area contributed by atoms with Gasteiger partial charge in [-0.25, -0.2) is 0 Å². The predicted octanol–water partition coefficient (Wildman–Crippen LogP) is 6.64. The van der Waals surface area contributed by atoms with Crippen LogP contribution in [0.25, 0.3) is 22.2 Å². The number of methoxy groups -OCH3 is 2. The number of rotatable bonds is 7. The fourth-order valence-electron chi connectivity index (χ4n) is 5.48. The fourth-order valence-corrected chi connectivity index (χ4v) is 5.48. The van der Waals surface area contributed by atoms with Crippen LogP contribution in [0.1, 0.15) is 33.1 Å². The molecule has 184 valence electrons. The maximum absolute atomic E-state index is 13.8. The van der Waals surface area contributed by atoms with Crippen molar-refractivity contribution in [1.82, 2.24) is 9.88 Å². The second-order valence-electron chi connectivity index (χ2n) is 9.25. The van der Waals surface area contributed by atoms with E-state index in [4.69, 9.17) is 9.47 Å². The lowest BCUT2D eigenvalue weighted by Gasteiger charge is -2.27. The van der Waals surface area contributed by atoms with E-state index in [-0.39, 0.29) is 11.9 Å². The first-order valence-electron chi connectivity index (χ1n) is 12.5. The summed E-state index contributed by atoms with van der Waals surface area (Å²) in [4.78, 5) is 19.5. The largest absolute Gasteiger partial charge is 0.497 e. The number of hydrogen-bond donors (Lipinski definition) is 1. The molecule has 1 aliphatic heterocycles. The molecule has 1 aliphatic rings. The Labute approximate surface area is 216 Å². The van der Waals surface area contributed by atoms with Crippen LogP contribution in [0, 0.1) is 0 Å². The van der Waals surface area contributed by atoms with Crippen molar-refractivity contribution in [1.29, 1.82) is 0 Å². The van der Waals surface area contributed by atoms with Gasteiger partial charge in [0.2, 0.25) is 0 Å². The summed E-state index contributed by atoms with van der Waals surface area (Å²) in [5.74, 6) is 1.54. The molecule has 0 aliphatic carbocycles. The van der Waals surface area contributed by atoms with E-state index < -0.39 is 0 Å². The van der Waals surface area contributed by atoms with Crippen LogP contribution in [0.2, 0.25) is 0 Å². The summed E-state index contributed by atoms with van der Waals surface area (Å²) in [6.45, 7) is 0.608. The van der Waals surface area contributed by atoms with E-state index in [1.54, 1.807) is 14.2 Å². The molecule has 0 fully saturated rings. The molecule has 0 bridgehead atoms. The highest BCUT2D eigenvalue weighted by Crippen LogP contribution is 2.47. The Bertz CT molecular complexity index is 1590. The first-order valence-corrected chi connectivity index (χ1v) is 12.5. The summed E-state index contributed by atoms with van der Waals surface area (Å²) >= 11 is 0. The van der Waals surface area contributed by atoms with Crippen LogP contribution in [0.15, 0.2) is 97.1 Å². The molecule has 2 heterocycles. The number of aromatic nitrogens is 1. The van der Waals surface area contributed by atoms with Crippen molar-refractivity contribution in [2.75, 3.05) is 20.8 Å². The molecule has 1 amide bonds. The van der Waals surface area contributed by atoms with Gasteiger partial charge in [-0.15, -0.1) is 0 Å². The number of carbonyl (C=O) groups excluding carboxylic acids is 1. The molecule has 6 rings (SSSR count). The molecule has 4 aromatic carbocycles. The SMILES string of the molecule is COc1ccc(OC)c(-c2[nH]c3ccccc3c2[C@H]2c3ccccc3C(=O)N2CCc2ccccc2)c1. The standard InChI is InChI=1S/C32H28N2O3/c1-36-22-16-17-28(37-2)26(20-22)30-29(25-14-8-9-15-27(25)33-30)31-23-12-6-7-13-24(23)32(35)34(31)19-18-21-10-4-3-5-11-21/h3-17,20,31,33H,18-19H2,1-2H3/t31-/m1/s1. The molecule has 1 atom stereocenters. The van der Waals surface area contributed by atoms with E-state index in [1.165, 1.54) is 5.56 Å². The molecule has 1 aromatic heterocycles. The minimum atomic E-state index is -0.241. The molecule has 0 unspecified atom stereocenters. The van der Waals surface area contributed by atoms with Gasteiger partial charge in [-0.3, -0.25) is 4.79 Å². The van der Waals surface area contributed by atoms with E-state index in [1.807, 2.05) is 71.6 Å². The van der Waals surface area contributed by atoms with Gasteiger partial charge in [0.05, 0.1) is 26.0 Å². The zero-order valence-electron chi connectivity index (χ0n) is 20.9. The number of nitrogens with zero attached hydrogens (tertiary/aromatic N) is 1. The number of aromatic amines is 1. The van der Waals surface area contributed by atoms with E-state index in [0.717, 1.165) is 56.8 Å². The van der Waals surface area contributed by atoms with Gasteiger partial charge in [0, 0.05) is 34.1 Å². The molecule has 0 radical (unpaired) electrons. The number of hydrogen-bond acceptors (Lipinski definition) is 3. The number of ether oxygens (including phenoxy) is 2. The van der Waals surface area contributed by atoms with Gasteiger partial charge >= 0.3 is 0 Å². The van der Waals surface area contributed by atoms with Crippen LogP contribution in [-0.2, 0) is 6.42 Å². The highest BCUT2D eigenvalue weighted by atomic mass is 16.5. The van der Waals surface area contributed by atoms with E-state index in [0.29, 0.717) is 6.54 Å². The van der Waals surface area contributed by atoms with Gasteiger partial charge in [0.1, 0.15) is 11.5 Å². The normalized spacial score (nSPS) is 14.7. The highest BCUT2D eigenvalue weighted by molar-refractivity contribution is 6.02. The van der Waals surface area contributed by atoms with Crippen molar-refractivity contribution < 1.29 is 14.3 Å². The average Bonchev–Trinajstić information content (AvgIpc) is 3.46. The van der Waals surface area contributed by atoms with Crippen molar-refractivity contribution in [2.45, 2.75) is 12.5 Å². The Hall–Kier alpha value is -4.51. The van der Waals surface area contributed by atoms with Crippen LogP contribution in [0.5, 0.6) is 11.5 Å². The number of nitrogens with one attached hydrogen (secondary N) is 1. The van der Waals surface area contributed by atoms with Crippen molar-refractivity contribution in [3.8, 4) is 22.8 Å². The summed E-state index contributed by atoms with van der Waals surface area (Å²) in [7, 11) is 3.34. The Morgan fingerprint density at radius 3 is 2.38 bits per heavy atom. The molecule has 0 saturated carbocycles. The third kappa shape index (κ3) is 3.93. The molecule has 0 saturated heterocycles. The van der Waals surface area contributed by atoms with Crippen LogP contribution < -0.4 is 9.47 Å². The Balaban J connectivity index is 1.57. The summed E-state index contributed by atoms with van der Waals surface area (Å²) in [5, 5.41) is 1.08. The van der Waals surface area contributed by atoms with Crippen LogP contribution in [0.4, 0.5) is 0 Å². The first-order chi connectivity index (χ1) is 18.2. The quantitative estimate of drug-likeness (QED) is 0.279. The Kier molecular flexibility index (Phi) is 5.89. The van der Waals surface area contributed by atoms with E-state index in [2.05, 4.69) is 35.3 Å². The minimum Gasteiger partial charge on any atom is -0.497 e. The van der Waals surface area contributed by atoms with Crippen molar-refractivity contribution in [2.24, 2.45) is 0 Å². The highest BCUT2D eigenvalue weighted by Gasteiger charge is 2.40. The zero-order chi connectivity index (χ0) is 25.4. The van der Waals surface area contributed by atoms with E-state index in [9.17, 15) is 4.79 Å². The predicted molar refractivity (Wildman–Crippen MR) is 146 cm³/mol. The average molecular weight is 489 g/mol. The van der Waals surface area contributed by atoms with Gasteiger partial charge in [-0.2, -0.15) is 0 Å². The van der Waals surface area contributed by atoms with Crippen molar-refractivity contribution >= 4 is 16.8 Å². The molecular weight excluding hydrogens is 460 g/mol. The summed E-state index contributed by atoms with van der Waals surface area (Å²) in [6, 6.07) is 32.1. The van der Waals surface area contributed by atoms with Crippen molar-refractivity contribution in [3.05, 3.63) is 119 Å². The number of carbonyl (C=O) groups is 1. The Morgan fingerprint density at radius 2 is 1.57 bits per heavy atom. The van der Waals surface area contributed by atoms with Crippen LogP contribution >= 0.6 is 0 Å². The van der Waals surface area contributed by atoms with Crippen LogP contribution in [0.3, 0.4) is 0 Å². The molecule has 37 heavy (non-hydrogen) atoms. The fraction of sp³-hybridized carbons (Fsp3) is 0.156. The van der Waals surface area contributed by atoms with Gasteiger partial charge in [-0.05, 0) is 47.9 Å². The number of amides is 1. The second-order valence-corrected chi connectivity index (χ2v) is 9.25. The summed E-state index contributed by atoms with van der Waals surface area (Å²) in [5.41, 5.74) is 6.89. The second kappa shape index (κ2) is 9.51. The Morgan fingerprint density at radius 1 is 0.811 bits per heavy atom. The third-order valence-electron chi connectivity index (χ3n) is 7.24. The first kappa shape index (κ1) is 22.9. The van der Waals surface area contributed by atoms with E-state index >= 15 is 0 Å². The molecular formula is C32H28N2O3. The summed E-state index contributed by atoms with van der Waals surface area (Å²) in [6.07, 6.45) is 0.775. The molecule has 1 N–H and O–H groups in total. The molecule has 5 nitrogen and oxygen atoms in total. The monoisotopic (exact) mass is 488 g/mol. The number of benzene rings is 4. The maximum atomic E-state index is 13.8. The smallest absolute Gasteiger partial charge is 0.255 e. The third-order valence-corrected chi connectivity index (χ3v) is 7.24. The molecule has 0 spiro atoms. The van der Waals surface area contributed by atoms with Gasteiger partial charge in [0.15, 0.2) is 0 Å². The zero-order valence-corrected chi connectivity index (χ0v) is 20.9. The lowest BCUT2D eigenvalue weighted by molar-refractivity contribution is 0.0753. The van der Waals surface area contributed by atoms with Crippen LogP contribution in [-0.4, -0.2) is 36.6 Å². The van der Waals surface area contributed by atoms with Gasteiger partial charge in [0.25, 0.3) is 5.91 Å². The number of H-pyrrole nitrogens is 1. The lowest BCUT2D eigenvalue weighted by atomic mass is 9.92. The van der Waals surface area contributed by atoms with Gasteiger partial charge in [-0.1, -0.05) is 66.7 Å². The lowest BCUT2D eigenvalue weighted by Crippen LogP contribution is -2.31. The minimum absolute atomic E-state index is 0.0605. The van der Waals surface area contributed by atoms with Crippen molar-refractivity contribution in [3.63, 3.8) is 0 Å². The van der Waals surface area contributed by atoms with Gasteiger partial charge < -0.3 is 19.4 Å².